The van der Waals surface area contributed by atoms with Crippen molar-refractivity contribution in [2.24, 2.45) is 5.73 Å². The molecule has 1 saturated heterocycles. The first-order valence-electron chi connectivity index (χ1n) is 7.76. The van der Waals surface area contributed by atoms with Crippen molar-refractivity contribution < 1.29 is 14.3 Å². The molecule has 0 saturated carbocycles. The summed E-state index contributed by atoms with van der Waals surface area (Å²) < 4.78 is 11.1. The van der Waals surface area contributed by atoms with E-state index in [9.17, 15) is 4.79 Å². The molecule has 1 aromatic rings. The average Bonchev–Trinajstić information content (AvgIpc) is 2.55. The van der Waals surface area contributed by atoms with Gasteiger partial charge >= 0.3 is 0 Å². The Morgan fingerprint density at radius 2 is 2.18 bits per heavy atom. The van der Waals surface area contributed by atoms with E-state index in [0.717, 1.165) is 44.2 Å². The van der Waals surface area contributed by atoms with E-state index in [2.05, 4.69) is 10.2 Å². The highest BCUT2D eigenvalue weighted by molar-refractivity contribution is 5.76. The van der Waals surface area contributed by atoms with E-state index in [1.165, 1.54) is 0 Å². The van der Waals surface area contributed by atoms with Gasteiger partial charge in [-0.25, -0.2) is 0 Å². The Balaban J connectivity index is 1.72. The SMILES string of the molecule is NCCC(=O)NCc1cccc(OCCN2CCOCC2)c1. The fourth-order valence-corrected chi connectivity index (χ4v) is 2.28. The van der Waals surface area contributed by atoms with Crippen molar-refractivity contribution >= 4 is 5.91 Å². The number of carbonyl (C=O) groups excluding carboxylic acids is 1. The van der Waals surface area contributed by atoms with Gasteiger partial charge < -0.3 is 20.5 Å². The molecule has 0 spiro atoms. The van der Waals surface area contributed by atoms with Gasteiger partial charge in [-0.05, 0) is 17.7 Å². The average molecular weight is 307 g/mol. The van der Waals surface area contributed by atoms with Crippen LogP contribution in [0.5, 0.6) is 5.75 Å². The van der Waals surface area contributed by atoms with E-state index >= 15 is 0 Å². The van der Waals surface area contributed by atoms with E-state index in [0.29, 0.717) is 26.1 Å². The topological polar surface area (TPSA) is 76.8 Å². The van der Waals surface area contributed by atoms with Crippen LogP contribution in [0.3, 0.4) is 0 Å². The van der Waals surface area contributed by atoms with Crippen molar-refractivity contribution in [3.05, 3.63) is 29.8 Å². The Kier molecular flexibility index (Phi) is 7.15. The van der Waals surface area contributed by atoms with Crippen molar-refractivity contribution in [3.63, 3.8) is 0 Å². The van der Waals surface area contributed by atoms with E-state index in [-0.39, 0.29) is 5.91 Å². The van der Waals surface area contributed by atoms with Crippen molar-refractivity contribution in [1.29, 1.82) is 0 Å². The zero-order valence-corrected chi connectivity index (χ0v) is 12.9. The first-order chi connectivity index (χ1) is 10.8. The molecular formula is C16H25N3O3. The second kappa shape index (κ2) is 9.40. The smallest absolute Gasteiger partial charge is 0.221 e. The molecule has 1 aromatic carbocycles. The van der Waals surface area contributed by atoms with E-state index in [1.54, 1.807) is 0 Å². The van der Waals surface area contributed by atoms with Crippen molar-refractivity contribution in [1.82, 2.24) is 10.2 Å². The number of nitrogens with zero attached hydrogens (tertiary/aromatic N) is 1. The van der Waals surface area contributed by atoms with Crippen molar-refractivity contribution in [2.75, 3.05) is 46.0 Å². The number of hydrogen-bond acceptors (Lipinski definition) is 5. The molecule has 0 radical (unpaired) electrons. The van der Waals surface area contributed by atoms with Gasteiger partial charge in [0.1, 0.15) is 12.4 Å². The Labute approximate surface area is 131 Å². The van der Waals surface area contributed by atoms with Gasteiger partial charge in [-0.1, -0.05) is 12.1 Å². The summed E-state index contributed by atoms with van der Waals surface area (Å²) >= 11 is 0. The molecule has 6 heteroatoms. The standard InChI is InChI=1S/C16H25N3O3/c17-5-4-16(20)18-13-14-2-1-3-15(12-14)22-11-8-19-6-9-21-10-7-19/h1-3,12H,4-11,13,17H2,(H,18,20). The number of morpholine rings is 1. The lowest BCUT2D eigenvalue weighted by Crippen LogP contribution is -2.38. The molecule has 0 unspecified atom stereocenters. The van der Waals surface area contributed by atoms with Crippen LogP contribution in [-0.4, -0.2) is 56.8 Å². The van der Waals surface area contributed by atoms with Crippen LogP contribution in [0.15, 0.2) is 24.3 Å². The second-order valence-electron chi connectivity index (χ2n) is 5.27. The van der Waals surface area contributed by atoms with E-state index in [4.69, 9.17) is 15.2 Å². The van der Waals surface area contributed by atoms with Gasteiger partial charge in [0.15, 0.2) is 0 Å². The van der Waals surface area contributed by atoms with Crippen LogP contribution in [0.4, 0.5) is 0 Å². The number of nitrogens with one attached hydrogen (secondary N) is 1. The van der Waals surface area contributed by atoms with Crippen LogP contribution < -0.4 is 15.8 Å². The molecule has 2 rings (SSSR count). The first-order valence-corrected chi connectivity index (χ1v) is 7.76. The summed E-state index contributed by atoms with van der Waals surface area (Å²) in [6.45, 7) is 5.98. The van der Waals surface area contributed by atoms with Gasteiger partial charge in [-0.2, -0.15) is 0 Å². The van der Waals surface area contributed by atoms with Crippen LogP contribution in [0.2, 0.25) is 0 Å². The molecule has 1 aliphatic heterocycles. The Bertz CT molecular complexity index is 462. The molecule has 0 aliphatic carbocycles. The predicted octanol–water partition coefficient (Wildman–Crippen LogP) is 0.363. The van der Waals surface area contributed by atoms with Crippen molar-refractivity contribution in [3.8, 4) is 5.75 Å². The summed E-state index contributed by atoms with van der Waals surface area (Å²) in [4.78, 5) is 13.7. The summed E-state index contributed by atoms with van der Waals surface area (Å²) in [5, 5.41) is 2.84. The molecule has 1 fully saturated rings. The van der Waals surface area contributed by atoms with Crippen LogP contribution in [0.25, 0.3) is 0 Å². The maximum atomic E-state index is 11.4. The van der Waals surface area contributed by atoms with Crippen molar-refractivity contribution in [2.45, 2.75) is 13.0 Å². The number of hydrogen-bond donors (Lipinski definition) is 2. The fraction of sp³-hybridized carbons (Fsp3) is 0.562. The largest absolute Gasteiger partial charge is 0.492 e. The number of nitrogens with two attached hydrogens (primary N) is 1. The third kappa shape index (κ3) is 6.01. The molecule has 22 heavy (non-hydrogen) atoms. The normalized spacial score (nSPS) is 15.5. The van der Waals surface area contributed by atoms with E-state index in [1.807, 2.05) is 24.3 Å². The highest BCUT2D eigenvalue weighted by Gasteiger charge is 2.09. The first kappa shape index (κ1) is 16.7. The molecule has 6 nitrogen and oxygen atoms in total. The monoisotopic (exact) mass is 307 g/mol. The minimum atomic E-state index is -0.0267. The third-order valence-electron chi connectivity index (χ3n) is 3.54. The van der Waals surface area contributed by atoms with E-state index < -0.39 is 0 Å². The summed E-state index contributed by atoms with van der Waals surface area (Å²) in [5.74, 6) is 0.806. The maximum absolute atomic E-state index is 11.4. The molecule has 1 aliphatic rings. The molecule has 3 N–H and O–H groups in total. The number of carbonyl (C=O) groups is 1. The van der Waals surface area contributed by atoms with Gasteiger partial charge in [-0.3, -0.25) is 9.69 Å². The summed E-state index contributed by atoms with van der Waals surface area (Å²) in [6, 6.07) is 7.80. The molecule has 122 valence electrons. The molecule has 1 amide bonds. The zero-order valence-electron chi connectivity index (χ0n) is 12.9. The van der Waals surface area contributed by atoms with Crippen LogP contribution in [-0.2, 0) is 16.1 Å². The van der Waals surface area contributed by atoms with Gasteiger partial charge in [0.2, 0.25) is 5.91 Å². The minimum absolute atomic E-state index is 0.0267. The third-order valence-corrected chi connectivity index (χ3v) is 3.54. The quantitative estimate of drug-likeness (QED) is 0.725. The van der Waals surface area contributed by atoms with Crippen LogP contribution in [0, 0.1) is 0 Å². The fourth-order valence-electron chi connectivity index (χ4n) is 2.28. The molecule has 0 bridgehead atoms. The summed E-state index contributed by atoms with van der Waals surface area (Å²) in [7, 11) is 0. The van der Waals surface area contributed by atoms with Gasteiger partial charge in [0, 0.05) is 39.1 Å². The Morgan fingerprint density at radius 1 is 1.36 bits per heavy atom. The second-order valence-corrected chi connectivity index (χ2v) is 5.27. The van der Waals surface area contributed by atoms with Gasteiger partial charge in [0.25, 0.3) is 0 Å². The number of benzene rings is 1. The molecular weight excluding hydrogens is 282 g/mol. The number of ether oxygens (including phenoxy) is 2. The Hall–Kier alpha value is -1.63. The minimum Gasteiger partial charge on any atom is -0.492 e. The molecule has 1 heterocycles. The van der Waals surface area contributed by atoms with Gasteiger partial charge in [0.05, 0.1) is 13.2 Å². The molecule has 0 atom stereocenters. The Morgan fingerprint density at radius 3 is 2.95 bits per heavy atom. The lowest BCUT2D eigenvalue weighted by Gasteiger charge is -2.26. The molecule has 0 aromatic heterocycles. The predicted molar refractivity (Wildman–Crippen MR) is 84.7 cm³/mol. The number of rotatable bonds is 8. The lowest BCUT2D eigenvalue weighted by atomic mass is 10.2. The summed E-state index contributed by atoms with van der Waals surface area (Å²) in [5.41, 5.74) is 6.37. The highest BCUT2D eigenvalue weighted by Crippen LogP contribution is 2.13. The number of amides is 1. The highest BCUT2D eigenvalue weighted by atomic mass is 16.5. The lowest BCUT2D eigenvalue weighted by molar-refractivity contribution is -0.121. The van der Waals surface area contributed by atoms with Crippen LogP contribution >= 0.6 is 0 Å². The van der Waals surface area contributed by atoms with Gasteiger partial charge in [-0.15, -0.1) is 0 Å². The van der Waals surface area contributed by atoms with Crippen LogP contribution in [0.1, 0.15) is 12.0 Å². The zero-order chi connectivity index (χ0) is 15.6. The maximum Gasteiger partial charge on any atom is 0.221 e. The summed E-state index contributed by atoms with van der Waals surface area (Å²) in [6.07, 6.45) is 0.357.